The van der Waals surface area contributed by atoms with E-state index in [0.717, 1.165) is 30.3 Å². The number of nitrogens with one attached hydrogen (secondary N) is 1. The minimum absolute atomic E-state index is 0.0984. The molecule has 2 unspecified atom stereocenters. The van der Waals surface area contributed by atoms with Gasteiger partial charge >= 0.3 is 0 Å². The molecule has 1 N–H and O–H groups in total. The Morgan fingerprint density at radius 3 is 3.05 bits per heavy atom. The quantitative estimate of drug-likeness (QED) is 0.865. The van der Waals surface area contributed by atoms with Crippen LogP contribution >= 0.6 is 15.9 Å². The van der Waals surface area contributed by atoms with Crippen LogP contribution in [-0.2, 0) is 9.53 Å². The van der Waals surface area contributed by atoms with E-state index >= 15 is 0 Å². The fourth-order valence-electron chi connectivity index (χ4n) is 2.16. The predicted molar refractivity (Wildman–Crippen MR) is 80.8 cm³/mol. The fraction of sp³-hybridized carbons (Fsp3) is 0.533. The van der Waals surface area contributed by atoms with E-state index < -0.39 is 6.10 Å². The van der Waals surface area contributed by atoms with Crippen LogP contribution in [0.15, 0.2) is 28.7 Å². The van der Waals surface area contributed by atoms with E-state index in [9.17, 15) is 4.79 Å². The highest BCUT2D eigenvalue weighted by Gasteiger charge is 2.18. The largest absolute Gasteiger partial charge is 0.480 e. The normalized spacial score (nSPS) is 19.6. The average Bonchev–Trinajstić information content (AvgIpc) is 2.94. The van der Waals surface area contributed by atoms with Crippen molar-refractivity contribution in [2.45, 2.75) is 38.4 Å². The molecule has 1 aromatic rings. The summed E-state index contributed by atoms with van der Waals surface area (Å²) in [6, 6.07) is 7.50. The van der Waals surface area contributed by atoms with Crippen molar-refractivity contribution < 1.29 is 14.3 Å². The van der Waals surface area contributed by atoms with Crippen LogP contribution in [0.25, 0.3) is 0 Å². The molecule has 4 nitrogen and oxygen atoms in total. The van der Waals surface area contributed by atoms with Crippen molar-refractivity contribution >= 4 is 21.8 Å². The zero-order valence-electron chi connectivity index (χ0n) is 11.6. The van der Waals surface area contributed by atoms with Crippen LogP contribution in [-0.4, -0.2) is 31.3 Å². The van der Waals surface area contributed by atoms with Crippen molar-refractivity contribution in [2.24, 2.45) is 0 Å². The molecule has 1 fully saturated rings. The molecule has 0 bridgehead atoms. The van der Waals surface area contributed by atoms with Crippen molar-refractivity contribution in [1.29, 1.82) is 0 Å². The Kier molecular flexibility index (Phi) is 5.86. The molecule has 110 valence electrons. The van der Waals surface area contributed by atoms with Gasteiger partial charge in [-0.15, -0.1) is 0 Å². The van der Waals surface area contributed by atoms with Crippen molar-refractivity contribution in [1.82, 2.24) is 5.32 Å². The molecule has 0 saturated carbocycles. The van der Waals surface area contributed by atoms with Gasteiger partial charge < -0.3 is 14.8 Å². The number of hydrogen-bond acceptors (Lipinski definition) is 3. The fourth-order valence-corrected chi connectivity index (χ4v) is 2.53. The Bertz CT molecular complexity index is 446. The van der Waals surface area contributed by atoms with E-state index in [1.54, 1.807) is 6.92 Å². The number of ether oxygens (including phenoxy) is 2. The first-order valence-corrected chi connectivity index (χ1v) is 7.76. The van der Waals surface area contributed by atoms with Gasteiger partial charge in [0.25, 0.3) is 5.91 Å². The standard InChI is InChI=1S/C15H20BrNO3/c1-11(20-14-7-3-2-6-13(14)16)15(18)17-9-8-12-5-4-10-19-12/h2-3,6-7,11-12H,4-5,8-10H2,1H3,(H,17,18). The molecule has 0 spiro atoms. The molecule has 5 heteroatoms. The molecule has 1 aliphatic rings. The van der Waals surface area contributed by atoms with Crippen molar-refractivity contribution in [3.63, 3.8) is 0 Å². The summed E-state index contributed by atoms with van der Waals surface area (Å²) in [7, 11) is 0. The molecular weight excluding hydrogens is 322 g/mol. The van der Waals surface area contributed by atoms with E-state index in [-0.39, 0.29) is 5.91 Å². The summed E-state index contributed by atoms with van der Waals surface area (Å²) < 4.78 is 12.0. The van der Waals surface area contributed by atoms with Gasteiger partial charge in [-0.2, -0.15) is 0 Å². The van der Waals surface area contributed by atoms with Crippen LogP contribution < -0.4 is 10.1 Å². The van der Waals surface area contributed by atoms with E-state index in [1.165, 1.54) is 0 Å². The number of para-hydroxylation sites is 1. The highest BCUT2D eigenvalue weighted by Crippen LogP contribution is 2.24. The lowest BCUT2D eigenvalue weighted by atomic mass is 10.2. The van der Waals surface area contributed by atoms with Gasteiger partial charge in [0.2, 0.25) is 0 Å². The lowest BCUT2D eigenvalue weighted by Gasteiger charge is -2.16. The summed E-state index contributed by atoms with van der Waals surface area (Å²) in [5.74, 6) is 0.577. The van der Waals surface area contributed by atoms with E-state index in [1.807, 2.05) is 24.3 Å². The van der Waals surface area contributed by atoms with Gasteiger partial charge in [0, 0.05) is 13.2 Å². The molecule has 1 amide bonds. The van der Waals surface area contributed by atoms with Crippen molar-refractivity contribution in [3.8, 4) is 5.75 Å². The molecule has 1 aliphatic heterocycles. The highest BCUT2D eigenvalue weighted by molar-refractivity contribution is 9.10. The van der Waals surface area contributed by atoms with Crippen LogP contribution in [0.2, 0.25) is 0 Å². The number of amides is 1. The average molecular weight is 342 g/mol. The Morgan fingerprint density at radius 1 is 1.55 bits per heavy atom. The summed E-state index contributed by atoms with van der Waals surface area (Å²) >= 11 is 3.40. The Balaban J connectivity index is 1.73. The minimum Gasteiger partial charge on any atom is -0.480 e. The number of rotatable bonds is 6. The van der Waals surface area contributed by atoms with E-state index in [4.69, 9.17) is 9.47 Å². The number of halogens is 1. The molecule has 1 heterocycles. The molecule has 1 aromatic carbocycles. The van der Waals surface area contributed by atoms with Crippen molar-refractivity contribution in [3.05, 3.63) is 28.7 Å². The number of carbonyl (C=O) groups is 1. The third kappa shape index (κ3) is 4.49. The summed E-state index contributed by atoms with van der Waals surface area (Å²) in [5.41, 5.74) is 0. The van der Waals surface area contributed by atoms with Gasteiger partial charge in [-0.3, -0.25) is 4.79 Å². The number of hydrogen-bond donors (Lipinski definition) is 1. The first kappa shape index (κ1) is 15.3. The first-order valence-electron chi connectivity index (χ1n) is 6.97. The van der Waals surface area contributed by atoms with E-state index in [2.05, 4.69) is 21.2 Å². The zero-order chi connectivity index (χ0) is 14.4. The van der Waals surface area contributed by atoms with Crippen LogP contribution in [0.1, 0.15) is 26.2 Å². The van der Waals surface area contributed by atoms with Crippen LogP contribution in [0, 0.1) is 0 Å². The maximum Gasteiger partial charge on any atom is 0.260 e. The van der Waals surface area contributed by atoms with Gasteiger partial charge in [0.05, 0.1) is 10.6 Å². The molecule has 1 saturated heterocycles. The SMILES string of the molecule is CC(Oc1ccccc1Br)C(=O)NCCC1CCCO1. The van der Waals surface area contributed by atoms with Crippen molar-refractivity contribution in [2.75, 3.05) is 13.2 Å². The maximum atomic E-state index is 11.9. The van der Waals surface area contributed by atoms with Crippen LogP contribution in [0.5, 0.6) is 5.75 Å². The lowest BCUT2D eigenvalue weighted by molar-refractivity contribution is -0.127. The van der Waals surface area contributed by atoms with E-state index in [0.29, 0.717) is 18.4 Å². The van der Waals surface area contributed by atoms with Gasteiger partial charge in [-0.25, -0.2) is 0 Å². The molecule has 0 aromatic heterocycles. The Labute approximate surface area is 128 Å². The molecule has 20 heavy (non-hydrogen) atoms. The van der Waals surface area contributed by atoms with Crippen LogP contribution in [0.3, 0.4) is 0 Å². The summed E-state index contributed by atoms with van der Waals surface area (Å²) in [5, 5.41) is 2.89. The predicted octanol–water partition coefficient (Wildman–Crippen LogP) is 2.90. The maximum absolute atomic E-state index is 11.9. The number of carbonyl (C=O) groups excluding carboxylic acids is 1. The second kappa shape index (κ2) is 7.64. The molecule has 0 aliphatic carbocycles. The summed E-state index contributed by atoms with van der Waals surface area (Å²) in [6.45, 7) is 3.23. The van der Waals surface area contributed by atoms with Crippen LogP contribution in [0.4, 0.5) is 0 Å². The zero-order valence-corrected chi connectivity index (χ0v) is 13.2. The minimum atomic E-state index is -0.516. The van der Waals surface area contributed by atoms with Gasteiger partial charge in [-0.1, -0.05) is 12.1 Å². The van der Waals surface area contributed by atoms with Gasteiger partial charge in [-0.05, 0) is 54.2 Å². The smallest absolute Gasteiger partial charge is 0.260 e. The first-order chi connectivity index (χ1) is 9.66. The third-order valence-corrected chi connectivity index (χ3v) is 3.95. The Morgan fingerprint density at radius 2 is 2.35 bits per heavy atom. The Hall–Kier alpha value is -1.07. The second-order valence-electron chi connectivity index (χ2n) is 4.91. The van der Waals surface area contributed by atoms with Gasteiger partial charge in [0.1, 0.15) is 5.75 Å². The summed E-state index contributed by atoms with van der Waals surface area (Å²) in [6.07, 6.45) is 2.87. The molecule has 2 atom stereocenters. The third-order valence-electron chi connectivity index (χ3n) is 3.30. The summed E-state index contributed by atoms with van der Waals surface area (Å²) in [4.78, 5) is 11.9. The monoisotopic (exact) mass is 341 g/mol. The van der Waals surface area contributed by atoms with Gasteiger partial charge in [0.15, 0.2) is 6.10 Å². The lowest BCUT2D eigenvalue weighted by Crippen LogP contribution is -2.37. The second-order valence-corrected chi connectivity index (χ2v) is 5.76. The molecular formula is C15H20BrNO3. The topological polar surface area (TPSA) is 47.6 Å². The highest BCUT2D eigenvalue weighted by atomic mass is 79.9. The number of benzene rings is 1. The molecule has 0 radical (unpaired) electrons. The molecule has 2 rings (SSSR count).